The van der Waals surface area contributed by atoms with Crippen molar-refractivity contribution in [2.24, 2.45) is 4.99 Å². The Morgan fingerprint density at radius 2 is 2.33 bits per heavy atom. The summed E-state index contributed by atoms with van der Waals surface area (Å²) in [5, 5.41) is 10.8. The van der Waals surface area contributed by atoms with Gasteiger partial charge in [-0.1, -0.05) is 15.9 Å². The van der Waals surface area contributed by atoms with Crippen molar-refractivity contribution in [1.29, 1.82) is 0 Å². The minimum Gasteiger partial charge on any atom is -0.475 e. The maximum atomic E-state index is 10.8. The summed E-state index contributed by atoms with van der Waals surface area (Å²) in [6.07, 6.45) is 0. The molecule has 0 saturated carbocycles. The van der Waals surface area contributed by atoms with Crippen LogP contribution in [0.3, 0.4) is 0 Å². The molecule has 0 radical (unpaired) electrons. The number of aliphatic imine (C=N–C) groups is 1. The van der Waals surface area contributed by atoms with Gasteiger partial charge < -0.3 is 4.74 Å². The average Bonchev–Trinajstić information content (AvgIpc) is 2.69. The number of benzene rings is 1. The van der Waals surface area contributed by atoms with E-state index < -0.39 is 4.92 Å². The zero-order valence-electron chi connectivity index (χ0n) is 7.64. The van der Waals surface area contributed by atoms with E-state index in [0.29, 0.717) is 24.6 Å². The third-order valence-electron chi connectivity index (χ3n) is 1.97. The highest BCUT2D eigenvalue weighted by Gasteiger charge is 2.21. The van der Waals surface area contributed by atoms with Crippen LogP contribution in [0, 0.1) is 10.1 Å². The van der Waals surface area contributed by atoms with Crippen molar-refractivity contribution in [3.63, 3.8) is 0 Å². The van der Waals surface area contributed by atoms with E-state index in [4.69, 9.17) is 4.74 Å². The third kappa shape index (κ3) is 1.99. The van der Waals surface area contributed by atoms with Gasteiger partial charge in [0.25, 0.3) is 5.69 Å². The molecule has 15 heavy (non-hydrogen) atoms. The van der Waals surface area contributed by atoms with E-state index in [1.54, 1.807) is 12.1 Å². The van der Waals surface area contributed by atoms with E-state index in [2.05, 4.69) is 20.9 Å². The standard InChI is InChI=1S/C9H7BrN2O3/c10-6-1-2-8(12(13)14)7(5-6)9-11-3-4-15-9/h1-2,5H,3-4H2. The Morgan fingerprint density at radius 1 is 1.53 bits per heavy atom. The summed E-state index contributed by atoms with van der Waals surface area (Å²) in [7, 11) is 0. The Kier molecular flexibility index (Phi) is 2.68. The molecule has 1 aliphatic heterocycles. The molecular weight excluding hydrogens is 264 g/mol. The van der Waals surface area contributed by atoms with Crippen LogP contribution in [-0.2, 0) is 4.74 Å². The summed E-state index contributed by atoms with van der Waals surface area (Å²) >= 11 is 3.26. The molecule has 0 amide bonds. The molecule has 2 rings (SSSR count). The van der Waals surface area contributed by atoms with Gasteiger partial charge in [0.1, 0.15) is 12.2 Å². The summed E-state index contributed by atoms with van der Waals surface area (Å²) in [6.45, 7) is 1.04. The molecule has 0 saturated heterocycles. The number of ether oxygens (including phenoxy) is 1. The molecule has 78 valence electrons. The predicted octanol–water partition coefficient (Wildman–Crippen LogP) is 2.13. The van der Waals surface area contributed by atoms with E-state index in [1.165, 1.54) is 6.07 Å². The minimum absolute atomic E-state index is 0.0128. The molecule has 0 atom stereocenters. The number of halogens is 1. The van der Waals surface area contributed by atoms with Crippen molar-refractivity contribution in [3.05, 3.63) is 38.3 Å². The number of hydrogen-bond donors (Lipinski definition) is 0. The molecule has 1 aliphatic rings. The first-order chi connectivity index (χ1) is 7.18. The van der Waals surface area contributed by atoms with Crippen LogP contribution in [-0.4, -0.2) is 24.0 Å². The monoisotopic (exact) mass is 270 g/mol. The van der Waals surface area contributed by atoms with Gasteiger partial charge in [-0.05, 0) is 12.1 Å². The molecule has 5 nitrogen and oxygen atoms in total. The van der Waals surface area contributed by atoms with Crippen LogP contribution in [0.5, 0.6) is 0 Å². The summed E-state index contributed by atoms with van der Waals surface area (Å²) in [5.41, 5.74) is 0.436. The number of nitro benzene ring substituents is 1. The lowest BCUT2D eigenvalue weighted by Crippen LogP contribution is -2.05. The molecule has 0 bridgehead atoms. The fourth-order valence-corrected chi connectivity index (χ4v) is 1.70. The Labute approximate surface area is 94.0 Å². The summed E-state index contributed by atoms with van der Waals surface area (Å²) in [4.78, 5) is 14.4. The van der Waals surface area contributed by atoms with Gasteiger partial charge in [-0.15, -0.1) is 0 Å². The Balaban J connectivity index is 2.51. The smallest absolute Gasteiger partial charge is 0.282 e. The second-order valence-corrected chi connectivity index (χ2v) is 3.87. The average molecular weight is 271 g/mol. The highest BCUT2D eigenvalue weighted by Crippen LogP contribution is 2.25. The van der Waals surface area contributed by atoms with Crippen LogP contribution >= 0.6 is 15.9 Å². The maximum Gasteiger partial charge on any atom is 0.282 e. The molecule has 0 aliphatic carbocycles. The quantitative estimate of drug-likeness (QED) is 0.611. The first-order valence-corrected chi connectivity index (χ1v) is 5.09. The largest absolute Gasteiger partial charge is 0.475 e. The van der Waals surface area contributed by atoms with Gasteiger partial charge in [0.15, 0.2) is 0 Å². The second kappa shape index (κ2) is 3.98. The van der Waals surface area contributed by atoms with Gasteiger partial charge in [0.05, 0.1) is 11.5 Å². The van der Waals surface area contributed by atoms with E-state index in [0.717, 1.165) is 4.47 Å². The number of nitrogens with zero attached hydrogens (tertiary/aromatic N) is 2. The third-order valence-corrected chi connectivity index (χ3v) is 2.46. The Morgan fingerprint density at radius 3 is 2.93 bits per heavy atom. The lowest BCUT2D eigenvalue weighted by molar-refractivity contribution is -0.385. The number of nitro groups is 1. The summed E-state index contributed by atoms with van der Waals surface area (Å²) in [5.74, 6) is 0.350. The topological polar surface area (TPSA) is 64.7 Å². The first-order valence-electron chi connectivity index (χ1n) is 4.30. The molecule has 0 spiro atoms. The molecule has 6 heteroatoms. The van der Waals surface area contributed by atoms with Crippen molar-refractivity contribution < 1.29 is 9.66 Å². The molecule has 0 fully saturated rings. The summed E-state index contributed by atoms with van der Waals surface area (Å²) in [6, 6.07) is 4.70. The molecular formula is C9H7BrN2O3. The van der Waals surface area contributed by atoms with Crippen LogP contribution in [0.2, 0.25) is 0 Å². The highest BCUT2D eigenvalue weighted by molar-refractivity contribution is 9.10. The fraction of sp³-hybridized carbons (Fsp3) is 0.222. The zero-order valence-corrected chi connectivity index (χ0v) is 9.23. The number of hydrogen-bond acceptors (Lipinski definition) is 4. The second-order valence-electron chi connectivity index (χ2n) is 2.95. The van der Waals surface area contributed by atoms with Gasteiger partial charge in [-0.2, -0.15) is 0 Å². The Hall–Kier alpha value is -1.43. The van der Waals surface area contributed by atoms with E-state index in [9.17, 15) is 10.1 Å². The minimum atomic E-state index is -0.439. The van der Waals surface area contributed by atoms with Gasteiger partial charge in [0, 0.05) is 10.5 Å². The molecule has 0 unspecified atom stereocenters. The van der Waals surface area contributed by atoms with Crippen LogP contribution in [0.25, 0.3) is 0 Å². The first kappa shape index (κ1) is 10.1. The van der Waals surface area contributed by atoms with Crippen LogP contribution in [0.4, 0.5) is 5.69 Å². The zero-order chi connectivity index (χ0) is 10.8. The van der Waals surface area contributed by atoms with E-state index >= 15 is 0 Å². The van der Waals surface area contributed by atoms with Crippen molar-refractivity contribution in [1.82, 2.24) is 0 Å². The van der Waals surface area contributed by atoms with E-state index in [-0.39, 0.29) is 5.69 Å². The van der Waals surface area contributed by atoms with Gasteiger partial charge in [0.2, 0.25) is 5.90 Å². The molecule has 1 heterocycles. The van der Waals surface area contributed by atoms with Crippen molar-refractivity contribution >= 4 is 27.5 Å². The normalized spacial score (nSPS) is 14.6. The molecule has 1 aromatic carbocycles. The van der Waals surface area contributed by atoms with Crippen LogP contribution < -0.4 is 0 Å². The highest BCUT2D eigenvalue weighted by atomic mass is 79.9. The lowest BCUT2D eigenvalue weighted by atomic mass is 10.2. The van der Waals surface area contributed by atoms with Gasteiger partial charge in [-0.25, -0.2) is 4.99 Å². The van der Waals surface area contributed by atoms with Crippen molar-refractivity contribution in [2.45, 2.75) is 0 Å². The molecule has 0 aromatic heterocycles. The maximum absolute atomic E-state index is 10.8. The Bertz CT molecular complexity index is 445. The fourth-order valence-electron chi connectivity index (χ4n) is 1.34. The van der Waals surface area contributed by atoms with Crippen LogP contribution in [0.1, 0.15) is 5.56 Å². The molecule has 0 N–H and O–H groups in total. The van der Waals surface area contributed by atoms with Crippen molar-refractivity contribution in [3.8, 4) is 0 Å². The molecule has 1 aromatic rings. The predicted molar refractivity (Wildman–Crippen MR) is 58.2 cm³/mol. The SMILES string of the molecule is O=[N+]([O-])c1ccc(Br)cc1C1=NCCO1. The van der Waals surface area contributed by atoms with Gasteiger partial charge in [-0.3, -0.25) is 10.1 Å². The van der Waals surface area contributed by atoms with Crippen molar-refractivity contribution in [2.75, 3.05) is 13.2 Å². The van der Waals surface area contributed by atoms with Crippen LogP contribution in [0.15, 0.2) is 27.7 Å². The number of rotatable bonds is 2. The summed E-state index contributed by atoms with van der Waals surface area (Å²) < 4.78 is 5.97. The lowest BCUT2D eigenvalue weighted by Gasteiger charge is -2.03. The van der Waals surface area contributed by atoms with Gasteiger partial charge >= 0.3 is 0 Å². The van der Waals surface area contributed by atoms with E-state index in [1.807, 2.05) is 0 Å².